The molecule has 1 rings (SSSR count). The first kappa shape index (κ1) is 10.5. The molecule has 0 bridgehead atoms. The van der Waals surface area contributed by atoms with Crippen LogP contribution in [0.25, 0.3) is 0 Å². The van der Waals surface area contributed by atoms with Crippen LogP contribution >= 0.6 is 12.2 Å². The summed E-state index contributed by atoms with van der Waals surface area (Å²) in [6.45, 7) is 0.335. The lowest BCUT2D eigenvalue weighted by molar-refractivity contribution is 1.30. The van der Waals surface area contributed by atoms with E-state index in [0.29, 0.717) is 6.54 Å². The van der Waals surface area contributed by atoms with Gasteiger partial charge < -0.3 is 16.8 Å². The van der Waals surface area contributed by atoms with Crippen molar-refractivity contribution in [1.29, 1.82) is 0 Å². The highest BCUT2D eigenvalue weighted by molar-refractivity contribution is 7.80. The number of anilines is 1. The number of rotatable bonds is 1. The maximum Gasteiger partial charge on any atom is 0.168 e. The molecule has 0 aliphatic heterocycles. The van der Waals surface area contributed by atoms with Gasteiger partial charge in [-0.1, -0.05) is 24.0 Å². The van der Waals surface area contributed by atoms with Crippen molar-refractivity contribution < 1.29 is 0 Å². The van der Waals surface area contributed by atoms with Crippen molar-refractivity contribution in [2.24, 2.45) is 11.5 Å². The molecule has 0 unspecified atom stereocenters. The maximum absolute atomic E-state index is 5.37. The molecule has 4 heteroatoms. The zero-order valence-electron chi connectivity index (χ0n) is 7.58. The summed E-state index contributed by atoms with van der Waals surface area (Å²) in [6.07, 6.45) is 0. The molecule has 0 aromatic heterocycles. The molecule has 72 valence electrons. The molecule has 5 N–H and O–H groups in total. The first-order valence-corrected chi connectivity index (χ1v) is 4.49. The third kappa shape index (κ3) is 3.05. The highest BCUT2D eigenvalue weighted by atomic mass is 32.1. The largest absolute Gasteiger partial charge is 0.376 e. The molecule has 0 amide bonds. The van der Waals surface area contributed by atoms with E-state index >= 15 is 0 Å². The summed E-state index contributed by atoms with van der Waals surface area (Å²) in [7, 11) is 0. The summed E-state index contributed by atoms with van der Waals surface area (Å²) in [5, 5.41) is 3.08. The Morgan fingerprint density at radius 3 is 2.79 bits per heavy atom. The van der Waals surface area contributed by atoms with Crippen molar-refractivity contribution in [2.45, 2.75) is 0 Å². The first-order valence-electron chi connectivity index (χ1n) is 4.08. The van der Waals surface area contributed by atoms with Gasteiger partial charge in [0.2, 0.25) is 0 Å². The fourth-order valence-corrected chi connectivity index (χ4v) is 1.09. The van der Waals surface area contributed by atoms with Crippen LogP contribution in [-0.2, 0) is 0 Å². The number of hydrogen-bond donors (Lipinski definition) is 3. The highest BCUT2D eigenvalue weighted by Gasteiger charge is 1.97. The Morgan fingerprint density at radius 1 is 1.43 bits per heavy atom. The van der Waals surface area contributed by atoms with E-state index in [1.165, 1.54) is 0 Å². The molecule has 1 aromatic rings. The van der Waals surface area contributed by atoms with Gasteiger partial charge in [-0.25, -0.2) is 0 Å². The lowest BCUT2D eigenvalue weighted by atomic mass is 10.2. The van der Waals surface area contributed by atoms with Crippen molar-refractivity contribution in [3.8, 4) is 11.8 Å². The van der Waals surface area contributed by atoms with Crippen LogP contribution in [0.4, 0.5) is 5.69 Å². The molecular weight excluding hydrogens is 194 g/mol. The number of nitrogens with one attached hydrogen (secondary N) is 1. The fraction of sp³-hybridized carbons (Fsp3) is 0.100. The Balaban J connectivity index is 2.96. The lowest BCUT2D eigenvalue weighted by Gasteiger charge is -2.05. The molecule has 0 saturated carbocycles. The van der Waals surface area contributed by atoms with Gasteiger partial charge in [-0.05, 0) is 24.4 Å². The van der Waals surface area contributed by atoms with Gasteiger partial charge in [0.05, 0.1) is 12.2 Å². The monoisotopic (exact) mass is 205 g/mol. The van der Waals surface area contributed by atoms with Gasteiger partial charge in [0.15, 0.2) is 5.11 Å². The molecule has 0 atom stereocenters. The molecule has 0 aliphatic carbocycles. The van der Waals surface area contributed by atoms with Gasteiger partial charge in [-0.2, -0.15) is 0 Å². The number of para-hydroxylation sites is 1. The van der Waals surface area contributed by atoms with Crippen LogP contribution in [0.5, 0.6) is 0 Å². The normalized spacial score (nSPS) is 8.64. The Morgan fingerprint density at radius 2 is 2.14 bits per heavy atom. The number of benzene rings is 1. The average Bonchev–Trinajstić information content (AvgIpc) is 2.16. The summed E-state index contributed by atoms with van der Waals surface area (Å²) in [5.41, 5.74) is 12.3. The number of hydrogen-bond acceptors (Lipinski definition) is 2. The second kappa shape index (κ2) is 5.22. The SMILES string of the molecule is NCC#Cc1ccccc1NC(N)=S. The zero-order valence-corrected chi connectivity index (χ0v) is 8.40. The van der Waals surface area contributed by atoms with Crippen LogP contribution in [-0.4, -0.2) is 11.7 Å². The van der Waals surface area contributed by atoms with Crippen LogP contribution in [0.15, 0.2) is 24.3 Å². The standard InChI is InChI=1S/C10H11N3S/c11-7-3-5-8-4-1-2-6-9(8)13-10(12)14/h1-2,4,6H,7,11H2,(H3,12,13,14). The summed E-state index contributed by atoms with van der Waals surface area (Å²) in [6, 6.07) is 7.52. The van der Waals surface area contributed by atoms with E-state index in [9.17, 15) is 0 Å². The van der Waals surface area contributed by atoms with Crippen molar-refractivity contribution >= 4 is 23.0 Å². The minimum absolute atomic E-state index is 0.229. The van der Waals surface area contributed by atoms with E-state index < -0.39 is 0 Å². The van der Waals surface area contributed by atoms with E-state index in [-0.39, 0.29) is 5.11 Å². The smallest absolute Gasteiger partial charge is 0.168 e. The molecular formula is C10H11N3S. The van der Waals surface area contributed by atoms with E-state index in [1.807, 2.05) is 24.3 Å². The summed E-state index contributed by atoms with van der Waals surface area (Å²) >= 11 is 4.74. The van der Waals surface area contributed by atoms with Crippen LogP contribution < -0.4 is 16.8 Å². The molecule has 0 spiro atoms. The Bertz CT molecular complexity index is 390. The molecule has 14 heavy (non-hydrogen) atoms. The van der Waals surface area contributed by atoms with Crippen LogP contribution in [0.3, 0.4) is 0 Å². The lowest BCUT2D eigenvalue weighted by Crippen LogP contribution is -2.19. The van der Waals surface area contributed by atoms with Gasteiger partial charge in [-0.15, -0.1) is 0 Å². The second-order valence-corrected chi connectivity index (χ2v) is 2.98. The third-order valence-electron chi connectivity index (χ3n) is 1.51. The maximum atomic E-state index is 5.37. The van der Waals surface area contributed by atoms with E-state index in [0.717, 1.165) is 11.3 Å². The molecule has 0 fully saturated rings. The van der Waals surface area contributed by atoms with E-state index in [2.05, 4.69) is 17.2 Å². The average molecular weight is 205 g/mol. The van der Waals surface area contributed by atoms with Gasteiger partial charge >= 0.3 is 0 Å². The Hall–Kier alpha value is -1.57. The number of nitrogens with two attached hydrogens (primary N) is 2. The van der Waals surface area contributed by atoms with Gasteiger partial charge in [0.1, 0.15) is 0 Å². The Kier molecular flexibility index (Phi) is 3.92. The molecule has 3 nitrogen and oxygen atoms in total. The predicted molar refractivity (Wildman–Crippen MR) is 62.8 cm³/mol. The summed E-state index contributed by atoms with van der Waals surface area (Å²) in [5.74, 6) is 5.70. The Labute approximate surface area is 88.5 Å². The fourth-order valence-electron chi connectivity index (χ4n) is 0.980. The predicted octanol–water partition coefficient (Wildman–Crippen LogP) is 0.652. The molecule has 0 heterocycles. The number of thiocarbonyl (C=S) groups is 1. The van der Waals surface area contributed by atoms with Gasteiger partial charge in [-0.3, -0.25) is 0 Å². The van der Waals surface area contributed by atoms with Gasteiger partial charge in [0, 0.05) is 5.56 Å². The first-order chi connectivity index (χ1) is 6.74. The zero-order chi connectivity index (χ0) is 10.4. The minimum Gasteiger partial charge on any atom is -0.376 e. The van der Waals surface area contributed by atoms with Crippen LogP contribution in [0.2, 0.25) is 0 Å². The minimum atomic E-state index is 0.229. The topological polar surface area (TPSA) is 64.1 Å². The molecule has 1 aromatic carbocycles. The summed E-state index contributed by atoms with van der Waals surface area (Å²) in [4.78, 5) is 0. The molecule has 0 aliphatic rings. The van der Waals surface area contributed by atoms with Gasteiger partial charge in [0.25, 0.3) is 0 Å². The van der Waals surface area contributed by atoms with Crippen molar-refractivity contribution in [1.82, 2.24) is 0 Å². The van der Waals surface area contributed by atoms with Crippen molar-refractivity contribution in [3.63, 3.8) is 0 Å². The van der Waals surface area contributed by atoms with Crippen molar-refractivity contribution in [3.05, 3.63) is 29.8 Å². The van der Waals surface area contributed by atoms with E-state index in [4.69, 9.17) is 23.7 Å². The summed E-state index contributed by atoms with van der Waals surface area (Å²) < 4.78 is 0. The van der Waals surface area contributed by atoms with Crippen LogP contribution in [0.1, 0.15) is 5.56 Å². The van der Waals surface area contributed by atoms with E-state index in [1.54, 1.807) is 0 Å². The second-order valence-electron chi connectivity index (χ2n) is 2.54. The molecule has 0 saturated heterocycles. The quantitative estimate of drug-likeness (QED) is 0.465. The third-order valence-corrected chi connectivity index (χ3v) is 1.61. The molecule has 0 radical (unpaired) electrons. The van der Waals surface area contributed by atoms with Crippen molar-refractivity contribution in [2.75, 3.05) is 11.9 Å². The van der Waals surface area contributed by atoms with Crippen LogP contribution in [0, 0.1) is 11.8 Å². The highest BCUT2D eigenvalue weighted by Crippen LogP contribution is 2.12.